The highest BCUT2D eigenvalue weighted by molar-refractivity contribution is 5.58. The van der Waals surface area contributed by atoms with Crippen molar-refractivity contribution in [3.05, 3.63) is 35.2 Å². The minimum Gasteiger partial charge on any atom is -0.308 e. The molecule has 0 aromatic carbocycles. The number of anilines is 1. The summed E-state index contributed by atoms with van der Waals surface area (Å²) in [4.78, 5) is 13.3. The lowest BCUT2D eigenvalue weighted by molar-refractivity contribution is 0.965. The van der Waals surface area contributed by atoms with Gasteiger partial charge in [-0.15, -0.1) is 0 Å². The SMILES string of the molecule is CCc1nc(-c2ncccc2C)nc(NN)c1C. The predicted octanol–water partition coefficient (Wildman–Crippen LogP) is 2.00. The van der Waals surface area contributed by atoms with Gasteiger partial charge in [0.05, 0.1) is 0 Å². The average molecular weight is 243 g/mol. The molecule has 2 rings (SSSR count). The fraction of sp³-hybridized carbons (Fsp3) is 0.308. The normalized spacial score (nSPS) is 10.4. The van der Waals surface area contributed by atoms with E-state index in [2.05, 4.69) is 27.3 Å². The van der Waals surface area contributed by atoms with Crippen LogP contribution in [0.3, 0.4) is 0 Å². The van der Waals surface area contributed by atoms with Crippen LogP contribution in [0.5, 0.6) is 0 Å². The molecule has 0 bridgehead atoms. The van der Waals surface area contributed by atoms with E-state index in [-0.39, 0.29) is 0 Å². The molecule has 3 N–H and O–H groups in total. The fourth-order valence-electron chi connectivity index (χ4n) is 1.87. The second-order valence-corrected chi connectivity index (χ2v) is 4.13. The third kappa shape index (κ3) is 2.17. The van der Waals surface area contributed by atoms with E-state index in [0.29, 0.717) is 11.6 Å². The number of nitrogens with one attached hydrogen (secondary N) is 1. The minimum absolute atomic E-state index is 0.614. The minimum atomic E-state index is 0.614. The maximum absolute atomic E-state index is 5.50. The molecule has 0 aliphatic rings. The van der Waals surface area contributed by atoms with E-state index in [1.165, 1.54) is 0 Å². The van der Waals surface area contributed by atoms with E-state index in [1.807, 2.05) is 26.0 Å². The largest absolute Gasteiger partial charge is 0.308 e. The first-order valence-corrected chi connectivity index (χ1v) is 5.93. The number of pyridine rings is 1. The number of aromatic nitrogens is 3. The Morgan fingerprint density at radius 2 is 2.06 bits per heavy atom. The van der Waals surface area contributed by atoms with Gasteiger partial charge in [-0.1, -0.05) is 13.0 Å². The third-order valence-electron chi connectivity index (χ3n) is 2.94. The van der Waals surface area contributed by atoms with Crippen LogP contribution in [0.25, 0.3) is 11.5 Å². The Hall–Kier alpha value is -2.01. The maximum atomic E-state index is 5.50. The van der Waals surface area contributed by atoms with E-state index in [1.54, 1.807) is 6.20 Å². The Bertz CT molecular complexity index is 540. The number of nitrogens with zero attached hydrogens (tertiary/aromatic N) is 3. The van der Waals surface area contributed by atoms with Crippen LogP contribution in [-0.2, 0) is 6.42 Å². The summed E-state index contributed by atoms with van der Waals surface area (Å²) in [6.45, 7) is 6.01. The van der Waals surface area contributed by atoms with Gasteiger partial charge in [-0.25, -0.2) is 15.8 Å². The van der Waals surface area contributed by atoms with Gasteiger partial charge in [0, 0.05) is 17.5 Å². The van der Waals surface area contributed by atoms with Gasteiger partial charge in [0.15, 0.2) is 5.82 Å². The smallest absolute Gasteiger partial charge is 0.180 e. The van der Waals surface area contributed by atoms with Crippen LogP contribution >= 0.6 is 0 Å². The van der Waals surface area contributed by atoms with Crippen LogP contribution in [0.1, 0.15) is 23.7 Å². The molecule has 0 radical (unpaired) electrons. The summed E-state index contributed by atoms with van der Waals surface area (Å²) in [5.41, 5.74) is 6.43. The molecular formula is C13H17N5. The molecule has 18 heavy (non-hydrogen) atoms. The lowest BCUT2D eigenvalue weighted by Crippen LogP contribution is -2.13. The Morgan fingerprint density at radius 3 is 2.67 bits per heavy atom. The summed E-state index contributed by atoms with van der Waals surface area (Å²) < 4.78 is 0. The molecule has 0 saturated heterocycles. The van der Waals surface area contributed by atoms with Gasteiger partial charge in [-0.3, -0.25) is 4.98 Å². The zero-order valence-electron chi connectivity index (χ0n) is 10.9. The lowest BCUT2D eigenvalue weighted by atomic mass is 10.1. The fourth-order valence-corrected chi connectivity index (χ4v) is 1.87. The van der Waals surface area contributed by atoms with Crippen molar-refractivity contribution in [2.24, 2.45) is 5.84 Å². The molecular weight excluding hydrogens is 226 g/mol. The van der Waals surface area contributed by atoms with Crippen molar-refractivity contribution in [2.45, 2.75) is 27.2 Å². The van der Waals surface area contributed by atoms with Crippen molar-refractivity contribution in [3.63, 3.8) is 0 Å². The molecule has 0 spiro atoms. The molecule has 0 saturated carbocycles. The Balaban J connectivity index is 2.62. The Labute approximate surface area is 106 Å². The summed E-state index contributed by atoms with van der Waals surface area (Å²) in [5.74, 6) is 6.77. The van der Waals surface area contributed by atoms with Crippen LogP contribution in [0.15, 0.2) is 18.3 Å². The number of hydrogen-bond donors (Lipinski definition) is 2. The molecule has 0 aliphatic carbocycles. The van der Waals surface area contributed by atoms with E-state index < -0.39 is 0 Å². The van der Waals surface area contributed by atoms with E-state index in [9.17, 15) is 0 Å². The average Bonchev–Trinajstić information content (AvgIpc) is 2.40. The number of hydrazine groups is 1. The summed E-state index contributed by atoms with van der Waals surface area (Å²) in [6.07, 6.45) is 2.58. The van der Waals surface area contributed by atoms with Crippen molar-refractivity contribution >= 4 is 5.82 Å². The van der Waals surface area contributed by atoms with Gasteiger partial charge < -0.3 is 5.43 Å². The van der Waals surface area contributed by atoms with Gasteiger partial charge in [0.2, 0.25) is 0 Å². The lowest BCUT2D eigenvalue weighted by Gasteiger charge is -2.11. The maximum Gasteiger partial charge on any atom is 0.180 e. The summed E-state index contributed by atoms with van der Waals surface area (Å²) >= 11 is 0. The third-order valence-corrected chi connectivity index (χ3v) is 2.94. The van der Waals surface area contributed by atoms with Crippen molar-refractivity contribution in [2.75, 3.05) is 5.43 Å². The molecule has 5 nitrogen and oxygen atoms in total. The highest BCUT2D eigenvalue weighted by atomic mass is 15.3. The molecule has 0 unspecified atom stereocenters. The molecule has 94 valence electrons. The molecule has 0 aliphatic heterocycles. The molecule has 0 amide bonds. The first-order chi connectivity index (χ1) is 8.67. The van der Waals surface area contributed by atoms with Crippen molar-refractivity contribution in [3.8, 4) is 11.5 Å². The summed E-state index contributed by atoms with van der Waals surface area (Å²) in [6, 6.07) is 3.89. The number of nitrogen functional groups attached to an aromatic ring is 1. The Morgan fingerprint density at radius 1 is 1.28 bits per heavy atom. The molecule has 0 atom stereocenters. The van der Waals surface area contributed by atoms with Gasteiger partial charge in [-0.05, 0) is 31.9 Å². The zero-order chi connectivity index (χ0) is 13.1. The van der Waals surface area contributed by atoms with E-state index in [4.69, 9.17) is 5.84 Å². The number of nitrogens with two attached hydrogens (primary N) is 1. The highest BCUT2D eigenvalue weighted by Gasteiger charge is 2.12. The molecule has 0 fully saturated rings. The van der Waals surface area contributed by atoms with Gasteiger partial charge in [-0.2, -0.15) is 0 Å². The van der Waals surface area contributed by atoms with Crippen LogP contribution in [0.4, 0.5) is 5.82 Å². The van der Waals surface area contributed by atoms with Gasteiger partial charge in [0.1, 0.15) is 11.5 Å². The van der Waals surface area contributed by atoms with Crippen molar-refractivity contribution in [1.29, 1.82) is 0 Å². The predicted molar refractivity (Wildman–Crippen MR) is 71.9 cm³/mol. The van der Waals surface area contributed by atoms with Crippen LogP contribution in [0, 0.1) is 13.8 Å². The number of aryl methyl sites for hydroxylation is 2. The topological polar surface area (TPSA) is 76.7 Å². The van der Waals surface area contributed by atoms with Crippen LogP contribution in [-0.4, -0.2) is 15.0 Å². The van der Waals surface area contributed by atoms with E-state index >= 15 is 0 Å². The molecule has 5 heteroatoms. The second kappa shape index (κ2) is 5.10. The molecule has 2 heterocycles. The van der Waals surface area contributed by atoms with Crippen molar-refractivity contribution < 1.29 is 0 Å². The first-order valence-electron chi connectivity index (χ1n) is 5.93. The number of rotatable bonds is 3. The van der Waals surface area contributed by atoms with Gasteiger partial charge >= 0.3 is 0 Å². The zero-order valence-corrected chi connectivity index (χ0v) is 10.9. The van der Waals surface area contributed by atoms with Gasteiger partial charge in [0.25, 0.3) is 0 Å². The molecule has 2 aromatic rings. The second-order valence-electron chi connectivity index (χ2n) is 4.13. The standard InChI is InChI=1S/C13H17N5/c1-4-10-9(3)12(18-14)17-13(16-10)11-8(2)6-5-7-15-11/h5-7H,4,14H2,1-3H3,(H,16,17,18). The first kappa shape index (κ1) is 12.4. The van der Waals surface area contributed by atoms with Crippen LogP contribution < -0.4 is 11.3 Å². The monoisotopic (exact) mass is 243 g/mol. The van der Waals surface area contributed by atoms with Crippen molar-refractivity contribution in [1.82, 2.24) is 15.0 Å². The van der Waals surface area contributed by atoms with Crippen LogP contribution in [0.2, 0.25) is 0 Å². The quantitative estimate of drug-likeness (QED) is 0.637. The highest BCUT2D eigenvalue weighted by Crippen LogP contribution is 2.22. The summed E-state index contributed by atoms with van der Waals surface area (Å²) in [5, 5.41) is 0. The Kier molecular flexibility index (Phi) is 3.53. The van der Waals surface area contributed by atoms with E-state index in [0.717, 1.165) is 28.9 Å². The molecule has 2 aromatic heterocycles. The summed E-state index contributed by atoms with van der Waals surface area (Å²) in [7, 11) is 0. The number of hydrogen-bond acceptors (Lipinski definition) is 5.